The lowest BCUT2D eigenvalue weighted by atomic mass is 10.0. The fraction of sp³-hybridized carbons (Fsp3) is 0.250. The van der Waals surface area contributed by atoms with Crippen molar-refractivity contribution < 1.29 is 4.39 Å². The van der Waals surface area contributed by atoms with Crippen molar-refractivity contribution in [1.29, 1.82) is 0 Å². The van der Waals surface area contributed by atoms with Crippen LogP contribution < -0.4 is 0 Å². The van der Waals surface area contributed by atoms with Gasteiger partial charge in [-0.05, 0) is 37.5 Å². The number of benzene rings is 2. The van der Waals surface area contributed by atoms with Gasteiger partial charge in [-0.2, -0.15) is 0 Å². The lowest BCUT2D eigenvalue weighted by Gasteiger charge is -2.13. The van der Waals surface area contributed by atoms with Crippen LogP contribution in [0.5, 0.6) is 0 Å². The van der Waals surface area contributed by atoms with E-state index in [1.54, 1.807) is 6.07 Å². The molecule has 0 radical (unpaired) electrons. The third kappa shape index (κ3) is 3.20. The molecule has 2 heteroatoms. The fourth-order valence-electron chi connectivity index (χ4n) is 2.17. The summed E-state index contributed by atoms with van der Waals surface area (Å²) >= 11 is 3.66. The molecule has 0 spiro atoms. The molecule has 0 aliphatic heterocycles. The zero-order chi connectivity index (χ0) is 13.1. The Labute approximate surface area is 116 Å². The van der Waals surface area contributed by atoms with Crippen LogP contribution >= 0.6 is 15.9 Å². The van der Waals surface area contributed by atoms with E-state index < -0.39 is 0 Å². The Morgan fingerprint density at radius 1 is 1.06 bits per heavy atom. The first-order valence-corrected chi connectivity index (χ1v) is 6.93. The van der Waals surface area contributed by atoms with Gasteiger partial charge in [0.2, 0.25) is 0 Å². The molecule has 0 aliphatic rings. The van der Waals surface area contributed by atoms with E-state index in [1.165, 1.54) is 22.8 Å². The molecule has 1 atom stereocenters. The van der Waals surface area contributed by atoms with Gasteiger partial charge in [0.25, 0.3) is 0 Å². The SMILES string of the molecule is Cc1cc(C)cc(C(Br)Cc2ccccc2F)c1. The summed E-state index contributed by atoms with van der Waals surface area (Å²) in [5, 5.41) is 0. The molecule has 0 fully saturated rings. The predicted molar refractivity (Wildman–Crippen MR) is 77.7 cm³/mol. The third-order valence-electron chi connectivity index (χ3n) is 2.96. The van der Waals surface area contributed by atoms with Crippen molar-refractivity contribution in [3.63, 3.8) is 0 Å². The van der Waals surface area contributed by atoms with Crippen LogP contribution in [0.3, 0.4) is 0 Å². The van der Waals surface area contributed by atoms with E-state index in [0.29, 0.717) is 6.42 Å². The molecule has 2 aromatic rings. The Hall–Kier alpha value is -1.15. The lowest BCUT2D eigenvalue weighted by molar-refractivity contribution is 0.608. The Morgan fingerprint density at radius 2 is 1.67 bits per heavy atom. The maximum Gasteiger partial charge on any atom is 0.126 e. The molecule has 0 aromatic heterocycles. The van der Waals surface area contributed by atoms with Gasteiger partial charge in [-0.1, -0.05) is 63.5 Å². The summed E-state index contributed by atoms with van der Waals surface area (Å²) < 4.78 is 13.6. The van der Waals surface area contributed by atoms with Gasteiger partial charge in [-0.3, -0.25) is 0 Å². The number of rotatable bonds is 3. The molecular formula is C16H16BrF. The molecule has 2 aromatic carbocycles. The molecule has 0 nitrogen and oxygen atoms in total. The van der Waals surface area contributed by atoms with Crippen LogP contribution in [0.2, 0.25) is 0 Å². The van der Waals surface area contributed by atoms with Crippen LogP contribution in [-0.4, -0.2) is 0 Å². The van der Waals surface area contributed by atoms with E-state index in [4.69, 9.17) is 0 Å². The van der Waals surface area contributed by atoms with Gasteiger partial charge < -0.3 is 0 Å². The average Bonchev–Trinajstić information content (AvgIpc) is 2.31. The van der Waals surface area contributed by atoms with Gasteiger partial charge in [0, 0.05) is 4.83 Å². The predicted octanol–water partition coefficient (Wildman–Crippen LogP) is 5.12. The van der Waals surface area contributed by atoms with Crippen molar-refractivity contribution in [3.8, 4) is 0 Å². The minimum atomic E-state index is -0.133. The second kappa shape index (κ2) is 5.66. The monoisotopic (exact) mass is 306 g/mol. The maximum atomic E-state index is 13.6. The van der Waals surface area contributed by atoms with E-state index in [-0.39, 0.29) is 10.6 Å². The molecule has 0 saturated carbocycles. The highest BCUT2D eigenvalue weighted by atomic mass is 79.9. The summed E-state index contributed by atoms with van der Waals surface area (Å²) in [7, 11) is 0. The summed E-state index contributed by atoms with van der Waals surface area (Å²) in [5.41, 5.74) is 4.43. The largest absolute Gasteiger partial charge is 0.207 e. The summed E-state index contributed by atoms with van der Waals surface area (Å²) in [6.45, 7) is 4.17. The number of hydrogen-bond donors (Lipinski definition) is 0. The van der Waals surface area contributed by atoms with Crippen molar-refractivity contribution >= 4 is 15.9 Å². The van der Waals surface area contributed by atoms with Gasteiger partial charge in [0.05, 0.1) is 0 Å². The number of hydrogen-bond acceptors (Lipinski definition) is 0. The van der Waals surface area contributed by atoms with Gasteiger partial charge in [-0.15, -0.1) is 0 Å². The van der Waals surface area contributed by atoms with Gasteiger partial charge >= 0.3 is 0 Å². The third-order valence-corrected chi connectivity index (χ3v) is 3.82. The van der Waals surface area contributed by atoms with Crippen LogP contribution in [0.25, 0.3) is 0 Å². The zero-order valence-corrected chi connectivity index (χ0v) is 12.2. The summed E-state index contributed by atoms with van der Waals surface area (Å²) in [6.07, 6.45) is 0.662. The van der Waals surface area contributed by atoms with Crippen molar-refractivity contribution in [2.45, 2.75) is 25.1 Å². The molecule has 94 valence electrons. The van der Waals surface area contributed by atoms with Gasteiger partial charge in [-0.25, -0.2) is 4.39 Å². The number of halogens is 2. The van der Waals surface area contributed by atoms with Crippen molar-refractivity contribution in [2.24, 2.45) is 0 Å². The molecule has 0 heterocycles. The molecule has 0 bridgehead atoms. The van der Waals surface area contributed by atoms with Crippen LogP contribution in [0.1, 0.15) is 27.1 Å². The normalized spacial score (nSPS) is 12.4. The van der Waals surface area contributed by atoms with E-state index in [9.17, 15) is 4.39 Å². The highest BCUT2D eigenvalue weighted by molar-refractivity contribution is 9.09. The minimum Gasteiger partial charge on any atom is -0.207 e. The lowest BCUT2D eigenvalue weighted by Crippen LogP contribution is -1.99. The van der Waals surface area contributed by atoms with Gasteiger partial charge in [0.1, 0.15) is 5.82 Å². The molecule has 18 heavy (non-hydrogen) atoms. The quantitative estimate of drug-likeness (QED) is 0.690. The summed E-state index contributed by atoms with van der Waals surface area (Å²) in [5.74, 6) is -0.133. The zero-order valence-electron chi connectivity index (χ0n) is 10.6. The van der Waals surface area contributed by atoms with Crippen molar-refractivity contribution in [3.05, 3.63) is 70.5 Å². The smallest absolute Gasteiger partial charge is 0.126 e. The first-order chi connectivity index (χ1) is 8.56. The Balaban J connectivity index is 2.22. The highest BCUT2D eigenvalue weighted by Gasteiger charge is 2.11. The standard InChI is InChI=1S/C16H16BrF/c1-11-7-12(2)9-14(8-11)15(17)10-13-5-3-4-6-16(13)18/h3-9,15H,10H2,1-2H3. The topological polar surface area (TPSA) is 0 Å². The van der Waals surface area contributed by atoms with Crippen LogP contribution in [0.4, 0.5) is 4.39 Å². The minimum absolute atomic E-state index is 0.133. The molecule has 0 N–H and O–H groups in total. The van der Waals surface area contributed by atoms with E-state index in [0.717, 1.165) is 5.56 Å². The molecule has 2 rings (SSSR count). The second-order valence-electron chi connectivity index (χ2n) is 4.68. The van der Waals surface area contributed by atoms with E-state index in [1.807, 2.05) is 12.1 Å². The molecule has 1 unspecified atom stereocenters. The highest BCUT2D eigenvalue weighted by Crippen LogP contribution is 2.29. The molecule has 0 amide bonds. The maximum absolute atomic E-state index is 13.6. The fourth-order valence-corrected chi connectivity index (χ4v) is 2.78. The summed E-state index contributed by atoms with van der Waals surface area (Å²) in [6, 6.07) is 13.4. The molecule has 0 aliphatic carbocycles. The van der Waals surface area contributed by atoms with Crippen LogP contribution in [0, 0.1) is 19.7 Å². The number of alkyl halides is 1. The Kier molecular flexibility index (Phi) is 4.18. The van der Waals surface area contributed by atoms with Crippen LogP contribution in [-0.2, 0) is 6.42 Å². The first-order valence-electron chi connectivity index (χ1n) is 6.02. The second-order valence-corrected chi connectivity index (χ2v) is 5.79. The van der Waals surface area contributed by atoms with Crippen molar-refractivity contribution in [2.75, 3.05) is 0 Å². The Bertz CT molecular complexity index is 528. The van der Waals surface area contributed by atoms with E-state index in [2.05, 4.69) is 48.0 Å². The molecular weight excluding hydrogens is 291 g/mol. The first kappa shape index (κ1) is 13.3. The average molecular weight is 307 g/mol. The number of aryl methyl sites for hydroxylation is 2. The van der Waals surface area contributed by atoms with Crippen LogP contribution in [0.15, 0.2) is 42.5 Å². The Morgan fingerprint density at radius 3 is 2.28 bits per heavy atom. The molecule has 0 saturated heterocycles. The summed E-state index contributed by atoms with van der Waals surface area (Å²) in [4.78, 5) is 0.146. The van der Waals surface area contributed by atoms with E-state index >= 15 is 0 Å². The van der Waals surface area contributed by atoms with Crippen molar-refractivity contribution in [1.82, 2.24) is 0 Å². The van der Waals surface area contributed by atoms with Gasteiger partial charge in [0.15, 0.2) is 0 Å².